The summed E-state index contributed by atoms with van der Waals surface area (Å²) in [6.45, 7) is 9.73. The zero-order chi connectivity index (χ0) is 26.4. The van der Waals surface area contributed by atoms with Gasteiger partial charge in [0.1, 0.15) is 6.04 Å². The summed E-state index contributed by atoms with van der Waals surface area (Å²) in [6.07, 6.45) is 1.59. The molecular formula is C26H36BrN3O4S. The number of anilines is 1. The molecule has 0 bridgehead atoms. The van der Waals surface area contributed by atoms with E-state index in [-0.39, 0.29) is 31.3 Å². The highest BCUT2D eigenvalue weighted by Crippen LogP contribution is 2.21. The predicted molar refractivity (Wildman–Crippen MR) is 145 cm³/mol. The lowest BCUT2D eigenvalue weighted by atomic mass is 10.1. The third kappa shape index (κ3) is 9.29. The van der Waals surface area contributed by atoms with E-state index in [4.69, 9.17) is 0 Å². The molecule has 2 amide bonds. The Morgan fingerprint density at radius 2 is 1.74 bits per heavy atom. The van der Waals surface area contributed by atoms with E-state index >= 15 is 0 Å². The van der Waals surface area contributed by atoms with Gasteiger partial charge in [-0.05, 0) is 76.4 Å². The molecule has 0 aliphatic rings. The fourth-order valence-electron chi connectivity index (χ4n) is 3.68. The third-order valence-electron chi connectivity index (χ3n) is 5.35. The van der Waals surface area contributed by atoms with Crippen molar-refractivity contribution in [3.63, 3.8) is 0 Å². The maximum atomic E-state index is 13.3. The number of nitrogens with zero attached hydrogens (tertiary/aromatic N) is 2. The summed E-state index contributed by atoms with van der Waals surface area (Å²) in [6, 6.07) is 14.2. The number of amides is 2. The zero-order valence-corrected chi connectivity index (χ0v) is 23.7. The van der Waals surface area contributed by atoms with Crippen LogP contribution in [0.4, 0.5) is 5.69 Å². The minimum atomic E-state index is -3.52. The van der Waals surface area contributed by atoms with E-state index in [1.54, 1.807) is 24.0 Å². The van der Waals surface area contributed by atoms with Crippen LogP contribution in [0.2, 0.25) is 0 Å². The molecule has 1 atom stereocenters. The number of carbonyl (C=O) groups is 2. The van der Waals surface area contributed by atoms with Crippen LogP contribution in [0, 0.1) is 6.92 Å². The summed E-state index contributed by atoms with van der Waals surface area (Å²) in [7, 11) is -3.52. The van der Waals surface area contributed by atoms with Crippen molar-refractivity contribution in [3.8, 4) is 0 Å². The van der Waals surface area contributed by atoms with Crippen LogP contribution >= 0.6 is 15.9 Å². The summed E-state index contributed by atoms with van der Waals surface area (Å²) in [5.74, 6) is -0.447. The number of sulfonamides is 1. The Bertz CT molecular complexity index is 1150. The fourth-order valence-corrected chi connectivity index (χ4v) is 5.08. The van der Waals surface area contributed by atoms with Gasteiger partial charge in [0, 0.05) is 29.5 Å². The van der Waals surface area contributed by atoms with E-state index in [1.165, 1.54) is 4.31 Å². The molecule has 192 valence electrons. The highest BCUT2D eigenvalue weighted by molar-refractivity contribution is 9.10. The van der Waals surface area contributed by atoms with Crippen LogP contribution in [-0.2, 0) is 26.2 Å². The Kier molecular flexibility index (Phi) is 9.92. The Labute approximate surface area is 218 Å². The third-order valence-corrected chi connectivity index (χ3v) is 7.04. The Hall–Kier alpha value is -2.39. The van der Waals surface area contributed by atoms with Gasteiger partial charge >= 0.3 is 0 Å². The van der Waals surface area contributed by atoms with Crippen molar-refractivity contribution in [2.24, 2.45) is 0 Å². The zero-order valence-electron chi connectivity index (χ0n) is 21.3. The topological polar surface area (TPSA) is 86.8 Å². The molecule has 7 nitrogen and oxygen atoms in total. The first kappa shape index (κ1) is 28.8. The number of rotatable bonds is 10. The van der Waals surface area contributed by atoms with Crippen LogP contribution in [0.3, 0.4) is 0 Å². The lowest BCUT2D eigenvalue weighted by Gasteiger charge is -2.32. The molecule has 2 aromatic rings. The molecule has 0 spiro atoms. The van der Waals surface area contributed by atoms with Crippen molar-refractivity contribution in [2.75, 3.05) is 17.1 Å². The molecule has 0 aliphatic carbocycles. The average Bonchev–Trinajstić information content (AvgIpc) is 2.72. The van der Waals surface area contributed by atoms with E-state index in [0.717, 1.165) is 21.9 Å². The molecule has 0 unspecified atom stereocenters. The first-order valence-electron chi connectivity index (χ1n) is 11.6. The molecule has 0 saturated heterocycles. The molecule has 0 aliphatic heterocycles. The summed E-state index contributed by atoms with van der Waals surface area (Å²) in [4.78, 5) is 27.8. The Morgan fingerprint density at radius 3 is 2.31 bits per heavy atom. The molecule has 0 radical (unpaired) electrons. The monoisotopic (exact) mass is 565 g/mol. The van der Waals surface area contributed by atoms with Crippen molar-refractivity contribution >= 4 is 43.5 Å². The minimum absolute atomic E-state index is 0.110. The van der Waals surface area contributed by atoms with Gasteiger partial charge in [0.2, 0.25) is 21.8 Å². The molecular weight excluding hydrogens is 530 g/mol. The van der Waals surface area contributed by atoms with Crippen molar-refractivity contribution in [3.05, 3.63) is 64.1 Å². The highest BCUT2D eigenvalue weighted by atomic mass is 79.9. The number of aryl methyl sites for hydroxylation is 1. The van der Waals surface area contributed by atoms with Gasteiger partial charge in [-0.1, -0.05) is 40.2 Å². The molecule has 0 heterocycles. The molecule has 9 heteroatoms. The van der Waals surface area contributed by atoms with Crippen LogP contribution in [0.25, 0.3) is 0 Å². The second-order valence-electron chi connectivity index (χ2n) is 9.84. The molecule has 2 rings (SSSR count). The number of benzene rings is 2. The SMILES string of the molecule is Cc1cccc(N(CCCC(=O)N(Cc2cccc(Br)c2)[C@@H](C)C(=O)NC(C)(C)C)S(C)(=O)=O)c1. The van der Waals surface area contributed by atoms with Gasteiger partial charge in [0.05, 0.1) is 11.9 Å². The quantitative estimate of drug-likeness (QED) is 0.454. The van der Waals surface area contributed by atoms with Gasteiger partial charge in [0.15, 0.2) is 0 Å². The van der Waals surface area contributed by atoms with Crippen molar-refractivity contribution in [1.82, 2.24) is 10.2 Å². The van der Waals surface area contributed by atoms with Gasteiger partial charge in [0.25, 0.3) is 0 Å². The summed E-state index contributed by atoms with van der Waals surface area (Å²) < 4.78 is 27.1. The molecule has 1 N–H and O–H groups in total. The first-order valence-corrected chi connectivity index (χ1v) is 14.2. The summed E-state index contributed by atoms with van der Waals surface area (Å²) >= 11 is 3.45. The smallest absolute Gasteiger partial charge is 0.242 e. The molecule has 0 saturated carbocycles. The second-order valence-corrected chi connectivity index (χ2v) is 12.7. The summed E-state index contributed by atoms with van der Waals surface area (Å²) in [5.41, 5.74) is 1.98. The largest absolute Gasteiger partial charge is 0.350 e. The number of nitrogens with one attached hydrogen (secondary N) is 1. The van der Waals surface area contributed by atoms with Crippen molar-refractivity contribution < 1.29 is 18.0 Å². The van der Waals surface area contributed by atoms with E-state index < -0.39 is 21.6 Å². The maximum absolute atomic E-state index is 13.3. The molecule has 0 fully saturated rings. The van der Waals surface area contributed by atoms with Crippen LogP contribution in [0.1, 0.15) is 51.7 Å². The van der Waals surface area contributed by atoms with E-state index in [9.17, 15) is 18.0 Å². The molecule has 2 aromatic carbocycles. The number of halogens is 1. The molecule has 35 heavy (non-hydrogen) atoms. The van der Waals surface area contributed by atoms with Crippen LogP contribution in [0.5, 0.6) is 0 Å². The fraction of sp³-hybridized carbons (Fsp3) is 0.462. The van der Waals surface area contributed by atoms with Gasteiger partial charge in [-0.25, -0.2) is 8.42 Å². The van der Waals surface area contributed by atoms with Crippen LogP contribution in [-0.4, -0.2) is 49.5 Å². The van der Waals surface area contributed by atoms with E-state index in [2.05, 4.69) is 21.2 Å². The second kappa shape index (κ2) is 12.0. The number of hydrogen-bond acceptors (Lipinski definition) is 4. The van der Waals surface area contributed by atoms with Crippen molar-refractivity contribution in [2.45, 2.75) is 65.6 Å². The lowest BCUT2D eigenvalue weighted by molar-refractivity contribution is -0.141. The highest BCUT2D eigenvalue weighted by Gasteiger charge is 2.28. The lowest BCUT2D eigenvalue weighted by Crippen LogP contribution is -2.52. The predicted octanol–water partition coefficient (Wildman–Crippen LogP) is 4.64. The maximum Gasteiger partial charge on any atom is 0.242 e. The van der Waals surface area contributed by atoms with Gasteiger partial charge in [-0.15, -0.1) is 0 Å². The average molecular weight is 567 g/mol. The standard InChI is InChI=1S/C26H36BrN3O4S/c1-19-10-7-13-23(16-19)30(35(6,33)34)15-9-14-24(31)29(18-21-11-8-12-22(27)17-21)20(2)25(32)28-26(3,4)5/h7-8,10-13,16-17,20H,9,14-15,18H2,1-6H3,(H,28,32)/t20-/m0/s1. The number of hydrogen-bond donors (Lipinski definition) is 1. The van der Waals surface area contributed by atoms with Crippen LogP contribution < -0.4 is 9.62 Å². The van der Waals surface area contributed by atoms with Crippen molar-refractivity contribution in [1.29, 1.82) is 0 Å². The minimum Gasteiger partial charge on any atom is -0.350 e. The number of carbonyl (C=O) groups excluding carboxylic acids is 2. The van der Waals surface area contributed by atoms with E-state index in [0.29, 0.717) is 12.1 Å². The van der Waals surface area contributed by atoms with E-state index in [1.807, 2.05) is 64.1 Å². The first-order chi connectivity index (χ1) is 16.2. The van der Waals surface area contributed by atoms with Crippen LogP contribution in [0.15, 0.2) is 53.0 Å². The van der Waals surface area contributed by atoms with Gasteiger partial charge < -0.3 is 10.2 Å². The summed E-state index contributed by atoms with van der Waals surface area (Å²) in [5, 5.41) is 2.94. The van der Waals surface area contributed by atoms with Gasteiger partial charge in [-0.3, -0.25) is 13.9 Å². The van der Waals surface area contributed by atoms with Gasteiger partial charge in [-0.2, -0.15) is 0 Å². The normalized spacial score (nSPS) is 12.7. The molecule has 0 aromatic heterocycles. The Morgan fingerprint density at radius 1 is 1.09 bits per heavy atom. The Balaban J connectivity index is 2.19.